The number of aromatic nitrogens is 2. The molecule has 0 bridgehead atoms. The molecule has 122 valence electrons. The van der Waals surface area contributed by atoms with Gasteiger partial charge in [0, 0.05) is 5.02 Å². The van der Waals surface area contributed by atoms with E-state index >= 15 is 0 Å². The molecule has 1 heterocycles. The maximum absolute atomic E-state index is 12.2. The van der Waals surface area contributed by atoms with E-state index in [1.54, 1.807) is 17.0 Å². The van der Waals surface area contributed by atoms with E-state index in [-0.39, 0.29) is 12.5 Å². The van der Waals surface area contributed by atoms with Gasteiger partial charge in [-0.3, -0.25) is 4.79 Å². The molecule has 5 nitrogen and oxygen atoms in total. The first-order valence-corrected chi connectivity index (χ1v) is 8.06. The average molecular weight is 341 g/mol. The summed E-state index contributed by atoms with van der Waals surface area (Å²) in [6, 6.07) is 15.1. The summed E-state index contributed by atoms with van der Waals surface area (Å²) in [6.45, 7) is 2.14. The zero-order chi connectivity index (χ0) is 16.9. The first-order valence-electron chi connectivity index (χ1n) is 7.68. The molecule has 3 rings (SSSR count). The molecule has 0 fully saturated rings. The average Bonchev–Trinajstić information content (AvgIpc) is 2.99. The van der Waals surface area contributed by atoms with Gasteiger partial charge in [0.05, 0.1) is 23.1 Å². The number of nitrogens with zero attached hydrogens (tertiary/aromatic N) is 3. The fraction of sp³-hybridized carbons (Fsp3) is 0.167. The highest BCUT2D eigenvalue weighted by Crippen LogP contribution is 2.13. The van der Waals surface area contributed by atoms with Crippen LogP contribution in [0.5, 0.6) is 0 Å². The van der Waals surface area contributed by atoms with Gasteiger partial charge in [-0.25, -0.2) is 10.4 Å². The molecule has 0 saturated carbocycles. The highest BCUT2D eigenvalue weighted by atomic mass is 35.5. The highest BCUT2D eigenvalue weighted by molar-refractivity contribution is 6.31. The number of nitrogens with one attached hydrogen (secondary N) is 1. The SMILES string of the molecule is CC/C(=N\NC(=O)Cn1cnc2ccccc21)c1cccc(Cl)c1. The molecule has 0 aliphatic heterocycles. The maximum Gasteiger partial charge on any atom is 0.260 e. The minimum Gasteiger partial charge on any atom is -0.321 e. The molecule has 1 N–H and O–H groups in total. The normalized spacial score (nSPS) is 11.7. The molecular weight excluding hydrogens is 324 g/mol. The van der Waals surface area contributed by atoms with Crippen LogP contribution in [0.3, 0.4) is 0 Å². The molecule has 1 aromatic heterocycles. The van der Waals surface area contributed by atoms with E-state index in [1.807, 2.05) is 49.4 Å². The van der Waals surface area contributed by atoms with Crippen molar-refractivity contribution in [2.75, 3.05) is 0 Å². The number of amides is 1. The Morgan fingerprint density at radius 3 is 2.88 bits per heavy atom. The lowest BCUT2D eigenvalue weighted by Crippen LogP contribution is -2.24. The summed E-state index contributed by atoms with van der Waals surface area (Å²) in [5.74, 6) is -0.203. The van der Waals surface area contributed by atoms with E-state index < -0.39 is 0 Å². The number of carbonyl (C=O) groups excluding carboxylic acids is 1. The third-order valence-corrected chi connectivity index (χ3v) is 3.88. The summed E-state index contributed by atoms with van der Waals surface area (Å²) >= 11 is 6.01. The highest BCUT2D eigenvalue weighted by Gasteiger charge is 2.07. The molecule has 0 unspecified atom stereocenters. The fourth-order valence-electron chi connectivity index (χ4n) is 2.47. The van der Waals surface area contributed by atoms with Crippen molar-refractivity contribution in [1.82, 2.24) is 15.0 Å². The topological polar surface area (TPSA) is 59.3 Å². The summed E-state index contributed by atoms with van der Waals surface area (Å²) in [7, 11) is 0. The van der Waals surface area contributed by atoms with Gasteiger partial charge >= 0.3 is 0 Å². The number of rotatable bonds is 5. The number of hydrogen-bond acceptors (Lipinski definition) is 3. The Kier molecular flexibility index (Phi) is 4.91. The molecule has 0 aliphatic rings. The minimum atomic E-state index is -0.203. The van der Waals surface area contributed by atoms with E-state index in [9.17, 15) is 4.79 Å². The predicted octanol–water partition coefficient (Wildman–Crippen LogP) is 3.62. The van der Waals surface area contributed by atoms with Crippen LogP contribution in [0, 0.1) is 0 Å². The number of hydrazone groups is 1. The molecule has 3 aromatic rings. The van der Waals surface area contributed by atoms with Gasteiger partial charge in [0.2, 0.25) is 0 Å². The fourth-order valence-corrected chi connectivity index (χ4v) is 2.66. The Labute approximate surface area is 145 Å². The van der Waals surface area contributed by atoms with Crippen LogP contribution in [0.4, 0.5) is 0 Å². The lowest BCUT2D eigenvalue weighted by Gasteiger charge is -2.07. The largest absolute Gasteiger partial charge is 0.321 e. The van der Waals surface area contributed by atoms with Crippen molar-refractivity contribution in [2.45, 2.75) is 19.9 Å². The second-order valence-electron chi connectivity index (χ2n) is 5.32. The molecule has 1 amide bonds. The monoisotopic (exact) mass is 340 g/mol. The third kappa shape index (κ3) is 3.63. The number of benzene rings is 2. The Hall–Kier alpha value is -2.66. The summed E-state index contributed by atoms with van der Waals surface area (Å²) in [5.41, 5.74) is 6.07. The molecule has 2 aromatic carbocycles. The van der Waals surface area contributed by atoms with Gasteiger partial charge in [-0.15, -0.1) is 0 Å². The lowest BCUT2D eigenvalue weighted by atomic mass is 10.1. The predicted molar refractivity (Wildman–Crippen MR) is 96.2 cm³/mol. The minimum absolute atomic E-state index is 0.163. The molecule has 0 spiro atoms. The van der Waals surface area contributed by atoms with Crippen molar-refractivity contribution in [3.8, 4) is 0 Å². The third-order valence-electron chi connectivity index (χ3n) is 3.65. The molecule has 24 heavy (non-hydrogen) atoms. The number of halogens is 1. The summed E-state index contributed by atoms with van der Waals surface area (Å²) < 4.78 is 1.80. The van der Waals surface area contributed by atoms with Crippen LogP contribution >= 0.6 is 11.6 Å². The molecule has 0 radical (unpaired) electrons. The quantitative estimate of drug-likeness (QED) is 0.569. The van der Waals surface area contributed by atoms with Gasteiger partial charge in [0.15, 0.2) is 0 Å². The zero-order valence-corrected chi connectivity index (χ0v) is 14.0. The van der Waals surface area contributed by atoms with Crippen LogP contribution in [0.1, 0.15) is 18.9 Å². The van der Waals surface area contributed by atoms with Crippen molar-refractivity contribution in [1.29, 1.82) is 0 Å². The second-order valence-corrected chi connectivity index (χ2v) is 5.75. The first kappa shape index (κ1) is 16.2. The Bertz CT molecular complexity index is 901. The molecule has 0 atom stereocenters. The Morgan fingerprint density at radius 2 is 2.08 bits per heavy atom. The van der Waals surface area contributed by atoms with Crippen LogP contribution in [-0.4, -0.2) is 21.2 Å². The summed E-state index contributed by atoms with van der Waals surface area (Å²) in [5, 5.41) is 4.88. The van der Waals surface area contributed by atoms with E-state index in [2.05, 4.69) is 15.5 Å². The lowest BCUT2D eigenvalue weighted by molar-refractivity contribution is -0.121. The van der Waals surface area contributed by atoms with E-state index in [4.69, 9.17) is 11.6 Å². The smallest absolute Gasteiger partial charge is 0.260 e. The van der Waals surface area contributed by atoms with Crippen LogP contribution in [0.25, 0.3) is 11.0 Å². The van der Waals surface area contributed by atoms with Crippen LogP contribution in [-0.2, 0) is 11.3 Å². The molecular formula is C18H17ClN4O. The Morgan fingerprint density at radius 1 is 1.25 bits per heavy atom. The second kappa shape index (κ2) is 7.27. The number of fused-ring (bicyclic) bond motifs is 1. The van der Waals surface area contributed by atoms with Crippen molar-refractivity contribution >= 4 is 34.3 Å². The van der Waals surface area contributed by atoms with Crippen molar-refractivity contribution in [3.63, 3.8) is 0 Å². The number of imidazole rings is 1. The number of carbonyl (C=O) groups is 1. The van der Waals surface area contributed by atoms with E-state index in [1.165, 1.54) is 0 Å². The first-order chi connectivity index (χ1) is 11.7. The Balaban J connectivity index is 1.72. The zero-order valence-electron chi connectivity index (χ0n) is 13.2. The maximum atomic E-state index is 12.2. The van der Waals surface area contributed by atoms with Crippen LogP contribution in [0.15, 0.2) is 60.0 Å². The number of para-hydroxylation sites is 2. The molecule has 0 aliphatic carbocycles. The van der Waals surface area contributed by atoms with Gasteiger partial charge in [-0.05, 0) is 36.2 Å². The van der Waals surface area contributed by atoms with Crippen LogP contribution < -0.4 is 5.43 Å². The summed E-state index contributed by atoms with van der Waals surface area (Å²) in [4.78, 5) is 16.5. The van der Waals surface area contributed by atoms with Gasteiger partial charge in [0.1, 0.15) is 6.54 Å². The molecule has 0 saturated heterocycles. The van der Waals surface area contributed by atoms with Crippen molar-refractivity contribution in [3.05, 3.63) is 65.4 Å². The van der Waals surface area contributed by atoms with Crippen LogP contribution in [0.2, 0.25) is 5.02 Å². The summed E-state index contributed by atoms with van der Waals surface area (Å²) in [6.07, 6.45) is 2.35. The van der Waals surface area contributed by atoms with Crippen molar-refractivity contribution < 1.29 is 4.79 Å². The molecule has 6 heteroatoms. The van der Waals surface area contributed by atoms with Gasteiger partial charge < -0.3 is 4.57 Å². The number of hydrogen-bond donors (Lipinski definition) is 1. The standard InChI is InChI=1S/C18H17ClN4O/c1-2-15(13-6-5-7-14(19)10-13)21-22-18(24)11-23-12-20-16-8-3-4-9-17(16)23/h3-10,12H,2,11H2,1H3,(H,22,24)/b21-15+. The van der Waals surface area contributed by atoms with E-state index in [0.29, 0.717) is 11.4 Å². The van der Waals surface area contributed by atoms with Gasteiger partial charge in [-0.2, -0.15) is 5.10 Å². The van der Waals surface area contributed by atoms with Gasteiger partial charge in [-0.1, -0.05) is 42.8 Å². The van der Waals surface area contributed by atoms with Crippen molar-refractivity contribution in [2.24, 2.45) is 5.10 Å². The van der Waals surface area contributed by atoms with E-state index in [0.717, 1.165) is 22.3 Å². The van der Waals surface area contributed by atoms with Gasteiger partial charge in [0.25, 0.3) is 5.91 Å².